The number of nitrogens with one attached hydrogen (secondary N) is 2. The van der Waals surface area contributed by atoms with E-state index in [1.165, 1.54) is 7.11 Å². The van der Waals surface area contributed by atoms with Crippen LogP contribution in [0.25, 0.3) is 22.0 Å². The fraction of sp³-hybridized carbons (Fsp3) is 0.222. The Morgan fingerprint density at radius 1 is 1.11 bits per heavy atom. The maximum atomic E-state index is 13.6. The van der Waals surface area contributed by atoms with Crippen LogP contribution in [-0.4, -0.2) is 48.4 Å². The first-order valence-corrected chi connectivity index (χ1v) is 11.6. The van der Waals surface area contributed by atoms with Gasteiger partial charge in [-0.1, -0.05) is 66.1 Å². The molecule has 1 aliphatic rings. The minimum absolute atomic E-state index is 0.189. The summed E-state index contributed by atoms with van der Waals surface area (Å²) in [6.07, 6.45) is 2.79. The van der Waals surface area contributed by atoms with Crippen molar-refractivity contribution in [2.75, 3.05) is 13.7 Å². The number of rotatable bonds is 5. The van der Waals surface area contributed by atoms with Crippen molar-refractivity contribution in [3.63, 3.8) is 0 Å². The Labute approximate surface area is 204 Å². The van der Waals surface area contributed by atoms with Crippen LogP contribution in [0.15, 0.2) is 72.9 Å². The highest BCUT2D eigenvalue weighted by atomic mass is 16.5. The molecule has 35 heavy (non-hydrogen) atoms. The molecule has 0 saturated carbocycles. The molecule has 5 rings (SSSR count). The molecule has 1 fully saturated rings. The number of aromatic nitrogens is 2. The quantitative estimate of drug-likeness (QED) is 0.440. The van der Waals surface area contributed by atoms with E-state index in [-0.39, 0.29) is 11.9 Å². The number of benzene rings is 3. The van der Waals surface area contributed by atoms with E-state index in [0.29, 0.717) is 12.1 Å². The van der Waals surface area contributed by atoms with E-state index < -0.39 is 12.1 Å². The van der Waals surface area contributed by atoms with Crippen LogP contribution in [-0.2, 0) is 9.53 Å². The molecule has 174 valence electrons. The number of imidazole rings is 1. The van der Waals surface area contributed by atoms with Gasteiger partial charge >= 0.3 is 6.09 Å². The SMILES string of the molecule is [B]c1ccc2cc(-c3cnc([C@@H]4CCCN4C(=O)[C@H](NC(=O)OC)c4ccccc4)[nH]3)ccc2c1. The van der Waals surface area contributed by atoms with Gasteiger partial charge in [-0.2, -0.15) is 0 Å². The summed E-state index contributed by atoms with van der Waals surface area (Å²) in [5.74, 6) is 0.540. The Balaban J connectivity index is 1.41. The molecule has 2 N–H and O–H groups in total. The molecule has 3 aromatic carbocycles. The van der Waals surface area contributed by atoms with Crippen LogP contribution in [0, 0.1) is 0 Å². The zero-order valence-corrected chi connectivity index (χ0v) is 19.4. The molecular formula is C27H25BN4O3. The number of ether oxygens (including phenoxy) is 1. The highest BCUT2D eigenvalue weighted by Gasteiger charge is 2.37. The van der Waals surface area contributed by atoms with Gasteiger partial charge in [-0.05, 0) is 35.2 Å². The van der Waals surface area contributed by atoms with E-state index in [1.807, 2.05) is 60.7 Å². The average molecular weight is 464 g/mol. The van der Waals surface area contributed by atoms with E-state index >= 15 is 0 Å². The van der Waals surface area contributed by atoms with Crippen LogP contribution in [0.2, 0.25) is 0 Å². The van der Waals surface area contributed by atoms with Crippen LogP contribution in [0.3, 0.4) is 0 Å². The average Bonchev–Trinajstić information content (AvgIpc) is 3.57. The molecule has 0 aliphatic carbocycles. The molecule has 1 aromatic heterocycles. The Morgan fingerprint density at radius 3 is 2.69 bits per heavy atom. The predicted molar refractivity (Wildman–Crippen MR) is 135 cm³/mol. The Morgan fingerprint density at radius 2 is 1.89 bits per heavy atom. The van der Waals surface area contributed by atoms with Gasteiger partial charge in [-0.3, -0.25) is 4.79 Å². The summed E-state index contributed by atoms with van der Waals surface area (Å²) < 4.78 is 4.77. The topological polar surface area (TPSA) is 87.3 Å². The summed E-state index contributed by atoms with van der Waals surface area (Å²) in [5, 5.41) is 4.85. The third kappa shape index (κ3) is 4.64. The molecule has 1 aliphatic heterocycles. The standard InChI is InChI=1S/C27H25BN4O3/c1-35-27(34)31-24(17-6-3-2-4-7-17)26(33)32-13-5-8-23(32)25-29-16-22(30-25)20-10-9-19-15-21(28)12-11-18(19)14-20/h2-4,6-7,9-12,14-16,23-24H,5,8,13H2,1H3,(H,29,30)(H,31,34)/t23-,24+/m0/s1. The van der Waals surface area contributed by atoms with Crippen LogP contribution in [0.4, 0.5) is 4.79 Å². The van der Waals surface area contributed by atoms with Crippen molar-refractivity contribution >= 4 is 36.1 Å². The van der Waals surface area contributed by atoms with Crippen LogP contribution >= 0.6 is 0 Å². The van der Waals surface area contributed by atoms with Gasteiger partial charge in [0, 0.05) is 12.1 Å². The smallest absolute Gasteiger partial charge is 0.407 e. The molecular weight excluding hydrogens is 439 g/mol. The number of amides is 2. The fourth-order valence-corrected chi connectivity index (χ4v) is 4.67. The maximum absolute atomic E-state index is 13.6. The number of carbonyl (C=O) groups is 2. The van der Waals surface area contributed by atoms with Gasteiger partial charge in [0.25, 0.3) is 5.91 Å². The highest BCUT2D eigenvalue weighted by Crippen LogP contribution is 2.34. The minimum Gasteiger partial charge on any atom is -0.453 e. The summed E-state index contributed by atoms with van der Waals surface area (Å²) in [6, 6.07) is 20.1. The molecule has 7 nitrogen and oxygen atoms in total. The van der Waals surface area contributed by atoms with Gasteiger partial charge in [0.05, 0.1) is 25.0 Å². The number of hydrogen-bond acceptors (Lipinski definition) is 4. The van der Waals surface area contributed by atoms with Crippen molar-refractivity contribution in [1.82, 2.24) is 20.2 Å². The molecule has 2 heterocycles. The summed E-state index contributed by atoms with van der Waals surface area (Å²) in [5.41, 5.74) is 3.32. The second kappa shape index (κ2) is 9.66. The fourth-order valence-electron chi connectivity index (χ4n) is 4.67. The number of alkyl carbamates (subject to hydrolysis) is 1. The second-order valence-corrected chi connectivity index (χ2v) is 8.67. The van der Waals surface area contributed by atoms with Gasteiger partial charge in [0.1, 0.15) is 19.7 Å². The van der Waals surface area contributed by atoms with Crippen molar-refractivity contribution in [1.29, 1.82) is 0 Å². The number of likely N-dealkylation sites (tertiary alicyclic amines) is 1. The minimum atomic E-state index is -0.841. The zero-order valence-electron chi connectivity index (χ0n) is 19.4. The van der Waals surface area contributed by atoms with Gasteiger partial charge in [-0.25, -0.2) is 9.78 Å². The van der Waals surface area contributed by atoms with Crippen LogP contribution in [0.1, 0.15) is 36.3 Å². The maximum Gasteiger partial charge on any atom is 0.407 e. The molecule has 1 saturated heterocycles. The van der Waals surface area contributed by atoms with Crippen molar-refractivity contribution in [3.05, 3.63) is 84.3 Å². The molecule has 8 heteroatoms. The predicted octanol–water partition coefficient (Wildman–Crippen LogP) is 3.78. The molecule has 0 spiro atoms. The van der Waals surface area contributed by atoms with E-state index in [2.05, 4.69) is 21.4 Å². The Hall–Kier alpha value is -4.07. The number of carbonyl (C=O) groups excluding carboxylic acids is 2. The number of nitrogens with zero attached hydrogens (tertiary/aromatic N) is 2. The third-order valence-corrected chi connectivity index (χ3v) is 6.45. The van der Waals surface area contributed by atoms with Gasteiger partial charge in [0.2, 0.25) is 0 Å². The van der Waals surface area contributed by atoms with Crippen molar-refractivity contribution in [3.8, 4) is 11.3 Å². The molecule has 2 atom stereocenters. The Bertz CT molecular complexity index is 1370. The first-order chi connectivity index (χ1) is 17.0. The second-order valence-electron chi connectivity index (χ2n) is 8.67. The summed E-state index contributed by atoms with van der Waals surface area (Å²) in [4.78, 5) is 35.5. The van der Waals surface area contributed by atoms with Crippen molar-refractivity contribution in [2.24, 2.45) is 0 Å². The lowest BCUT2D eigenvalue weighted by Crippen LogP contribution is -2.42. The number of fused-ring (bicyclic) bond motifs is 1. The summed E-state index contributed by atoms with van der Waals surface area (Å²) in [6.45, 7) is 0.586. The molecule has 2 amide bonds. The molecule has 0 bridgehead atoms. The first kappa shape index (κ1) is 22.7. The lowest BCUT2D eigenvalue weighted by Gasteiger charge is -2.28. The summed E-state index contributed by atoms with van der Waals surface area (Å²) >= 11 is 0. The largest absolute Gasteiger partial charge is 0.453 e. The lowest BCUT2D eigenvalue weighted by molar-refractivity contribution is -0.134. The first-order valence-electron chi connectivity index (χ1n) is 11.6. The third-order valence-electron chi connectivity index (χ3n) is 6.45. The summed E-state index contributed by atoms with van der Waals surface area (Å²) in [7, 11) is 7.18. The van der Waals surface area contributed by atoms with Crippen LogP contribution < -0.4 is 10.8 Å². The lowest BCUT2D eigenvalue weighted by atomic mass is 9.93. The number of aromatic amines is 1. The van der Waals surface area contributed by atoms with Gasteiger partial charge < -0.3 is 19.9 Å². The van der Waals surface area contributed by atoms with Crippen LogP contribution in [0.5, 0.6) is 0 Å². The number of hydrogen-bond donors (Lipinski definition) is 2. The van der Waals surface area contributed by atoms with E-state index in [0.717, 1.165) is 46.2 Å². The van der Waals surface area contributed by atoms with Gasteiger partial charge in [-0.15, -0.1) is 0 Å². The molecule has 4 aromatic rings. The Kier molecular flexibility index (Phi) is 6.27. The molecule has 0 unspecified atom stereocenters. The van der Waals surface area contributed by atoms with E-state index in [1.54, 1.807) is 11.1 Å². The highest BCUT2D eigenvalue weighted by molar-refractivity contribution is 6.33. The van der Waals surface area contributed by atoms with E-state index in [9.17, 15) is 9.59 Å². The monoisotopic (exact) mass is 464 g/mol. The van der Waals surface area contributed by atoms with Crippen molar-refractivity contribution in [2.45, 2.75) is 24.9 Å². The van der Waals surface area contributed by atoms with Crippen molar-refractivity contribution < 1.29 is 14.3 Å². The van der Waals surface area contributed by atoms with Gasteiger partial charge in [0.15, 0.2) is 0 Å². The van der Waals surface area contributed by atoms with E-state index in [4.69, 9.17) is 12.6 Å². The zero-order chi connectivity index (χ0) is 24.4. The molecule has 2 radical (unpaired) electrons. The number of H-pyrrole nitrogens is 1. The number of methoxy groups -OCH3 is 1. The normalized spacial score (nSPS) is 16.3.